The molecule has 0 spiro atoms. The Morgan fingerprint density at radius 1 is 1.32 bits per heavy atom. The highest BCUT2D eigenvalue weighted by Gasteiger charge is 2.28. The lowest BCUT2D eigenvalue weighted by Crippen LogP contribution is -2.22. The average Bonchev–Trinajstić information content (AvgIpc) is 2.88. The second kappa shape index (κ2) is 4.99. The zero-order valence-electron chi connectivity index (χ0n) is 10.5. The monoisotopic (exact) mass is 255 g/mol. The lowest BCUT2D eigenvalue weighted by atomic mass is 9.80. The van der Waals surface area contributed by atoms with E-state index in [1.54, 1.807) is 6.07 Å². The van der Waals surface area contributed by atoms with Crippen molar-refractivity contribution < 1.29 is 14.3 Å². The van der Waals surface area contributed by atoms with Crippen LogP contribution in [0.3, 0.4) is 0 Å². The summed E-state index contributed by atoms with van der Waals surface area (Å²) in [6, 6.07) is 14.7. The van der Waals surface area contributed by atoms with Gasteiger partial charge in [0.1, 0.15) is 5.76 Å². The number of carboxylic acids is 1. The Morgan fingerprint density at radius 2 is 2.00 bits per heavy atom. The Morgan fingerprint density at radius 3 is 2.53 bits per heavy atom. The second-order valence-electron chi connectivity index (χ2n) is 4.56. The van der Waals surface area contributed by atoms with Gasteiger partial charge in [-0.2, -0.15) is 5.26 Å². The fraction of sp³-hybridized carbons (Fsp3) is 0.200. The highest BCUT2D eigenvalue weighted by Crippen LogP contribution is 2.28. The smallest absolute Gasteiger partial charge is 0.371 e. The molecular formula is C15H13NO3. The van der Waals surface area contributed by atoms with Crippen molar-refractivity contribution in [2.24, 2.45) is 0 Å². The summed E-state index contributed by atoms with van der Waals surface area (Å²) >= 11 is 0. The number of hydrogen-bond donors (Lipinski definition) is 1. The van der Waals surface area contributed by atoms with E-state index in [9.17, 15) is 10.1 Å². The van der Waals surface area contributed by atoms with Gasteiger partial charge >= 0.3 is 5.97 Å². The van der Waals surface area contributed by atoms with E-state index >= 15 is 0 Å². The highest BCUT2D eigenvalue weighted by molar-refractivity contribution is 5.84. The van der Waals surface area contributed by atoms with Gasteiger partial charge in [0.25, 0.3) is 0 Å². The summed E-state index contributed by atoms with van der Waals surface area (Å²) in [5.74, 6) is -0.724. The van der Waals surface area contributed by atoms with Gasteiger partial charge in [-0.3, -0.25) is 0 Å². The fourth-order valence-corrected chi connectivity index (χ4v) is 1.95. The molecular weight excluding hydrogens is 242 g/mol. The van der Waals surface area contributed by atoms with Crippen LogP contribution in [0.4, 0.5) is 0 Å². The van der Waals surface area contributed by atoms with Gasteiger partial charge in [0.05, 0.1) is 11.5 Å². The largest absolute Gasteiger partial charge is 0.475 e. The first kappa shape index (κ1) is 12.9. The normalized spacial score (nSPS) is 13.5. The van der Waals surface area contributed by atoms with Gasteiger partial charge in [-0.05, 0) is 24.6 Å². The standard InChI is InChI=1S/C15H13NO3/c1-15(10-16,11-5-3-2-4-6-11)9-12-7-8-13(19-12)14(17)18/h2-8H,9H2,1H3,(H,17,18). The van der Waals surface area contributed by atoms with Gasteiger partial charge in [0.15, 0.2) is 0 Å². The molecule has 1 aromatic carbocycles. The Hall–Kier alpha value is -2.54. The van der Waals surface area contributed by atoms with Crippen LogP contribution in [0.25, 0.3) is 0 Å². The number of nitriles is 1. The van der Waals surface area contributed by atoms with E-state index in [4.69, 9.17) is 9.52 Å². The molecule has 1 N–H and O–H groups in total. The summed E-state index contributed by atoms with van der Waals surface area (Å²) in [4.78, 5) is 10.8. The Labute approximate surface area is 110 Å². The molecule has 1 atom stereocenters. The average molecular weight is 255 g/mol. The molecule has 0 saturated heterocycles. The van der Waals surface area contributed by atoms with Crippen molar-refractivity contribution in [2.45, 2.75) is 18.8 Å². The van der Waals surface area contributed by atoms with Crippen LogP contribution < -0.4 is 0 Å². The van der Waals surface area contributed by atoms with Crippen molar-refractivity contribution in [2.75, 3.05) is 0 Å². The quantitative estimate of drug-likeness (QED) is 0.911. The van der Waals surface area contributed by atoms with Crippen molar-refractivity contribution >= 4 is 5.97 Å². The van der Waals surface area contributed by atoms with E-state index in [1.165, 1.54) is 6.07 Å². The van der Waals surface area contributed by atoms with E-state index in [-0.39, 0.29) is 5.76 Å². The van der Waals surface area contributed by atoms with Crippen LogP contribution in [0.5, 0.6) is 0 Å². The third-order valence-electron chi connectivity index (χ3n) is 3.06. The maximum absolute atomic E-state index is 10.8. The van der Waals surface area contributed by atoms with Crippen LogP contribution in [0.15, 0.2) is 46.9 Å². The van der Waals surface area contributed by atoms with Gasteiger partial charge < -0.3 is 9.52 Å². The Kier molecular flexibility index (Phi) is 3.39. The van der Waals surface area contributed by atoms with E-state index in [2.05, 4.69) is 6.07 Å². The van der Waals surface area contributed by atoms with Crippen molar-refractivity contribution in [3.63, 3.8) is 0 Å². The van der Waals surface area contributed by atoms with E-state index < -0.39 is 11.4 Å². The Balaban J connectivity index is 2.28. The number of carbonyl (C=O) groups is 1. The molecule has 0 aliphatic carbocycles. The van der Waals surface area contributed by atoms with Gasteiger partial charge in [-0.25, -0.2) is 4.79 Å². The van der Waals surface area contributed by atoms with Crippen LogP contribution in [0.1, 0.15) is 28.8 Å². The first-order valence-corrected chi connectivity index (χ1v) is 5.84. The molecule has 19 heavy (non-hydrogen) atoms. The van der Waals surface area contributed by atoms with Gasteiger partial charge in [0, 0.05) is 6.42 Å². The minimum atomic E-state index is -1.11. The summed E-state index contributed by atoms with van der Waals surface area (Å²) in [6.45, 7) is 1.81. The lowest BCUT2D eigenvalue weighted by Gasteiger charge is -2.20. The van der Waals surface area contributed by atoms with Crippen molar-refractivity contribution in [1.29, 1.82) is 5.26 Å². The zero-order chi connectivity index (χ0) is 13.9. The second-order valence-corrected chi connectivity index (χ2v) is 4.56. The predicted molar refractivity (Wildman–Crippen MR) is 68.8 cm³/mol. The third kappa shape index (κ3) is 2.66. The molecule has 0 bridgehead atoms. The molecule has 0 fully saturated rings. The SMILES string of the molecule is CC(C#N)(Cc1ccc(C(=O)O)o1)c1ccccc1. The van der Waals surface area contributed by atoms with E-state index in [0.29, 0.717) is 12.2 Å². The maximum Gasteiger partial charge on any atom is 0.371 e. The zero-order valence-corrected chi connectivity index (χ0v) is 10.5. The number of rotatable bonds is 4. The molecule has 0 amide bonds. The minimum Gasteiger partial charge on any atom is -0.475 e. The van der Waals surface area contributed by atoms with Crippen molar-refractivity contribution in [3.05, 3.63) is 59.5 Å². The fourth-order valence-electron chi connectivity index (χ4n) is 1.95. The summed E-state index contributed by atoms with van der Waals surface area (Å²) in [6.07, 6.45) is 0.334. The predicted octanol–water partition coefficient (Wildman–Crippen LogP) is 3.00. The summed E-state index contributed by atoms with van der Waals surface area (Å²) in [5.41, 5.74) is 0.139. The molecule has 4 heteroatoms. The third-order valence-corrected chi connectivity index (χ3v) is 3.06. The lowest BCUT2D eigenvalue weighted by molar-refractivity contribution is 0.0660. The van der Waals surface area contributed by atoms with Crippen molar-refractivity contribution in [3.8, 4) is 6.07 Å². The molecule has 4 nitrogen and oxygen atoms in total. The summed E-state index contributed by atoms with van der Waals surface area (Å²) in [7, 11) is 0. The Bertz CT molecular complexity index is 624. The molecule has 0 saturated carbocycles. The number of nitrogens with zero attached hydrogens (tertiary/aromatic N) is 1. The topological polar surface area (TPSA) is 74.2 Å². The van der Waals surface area contributed by atoms with Crippen LogP contribution >= 0.6 is 0 Å². The minimum absolute atomic E-state index is 0.108. The molecule has 1 heterocycles. The van der Waals surface area contributed by atoms with Crippen LogP contribution in [0.2, 0.25) is 0 Å². The molecule has 0 aliphatic rings. The molecule has 0 aliphatic heterocycles. The van der Waals surface area contributed by atoms with Crippen molar-refractivity contribution in [1.82, 2.24) is 0 Å². The van der Waals surface area contributed by atoms with Crippen LogP contribution in [-0.4, -0.2) is 11.1 Å². The van der Waals surface area contributed by atoms with E-state index in [1.807, 2.05) is 37.3 Å². The summed E-state index contributed by atoms with van der Waals surface area (Å²) < 4.78 is 5.21. The number of hydrogen-bond acceptors (Lipinski definition) is 3. The van der Waals surface area contributed by atoms with Crippen LogP contribution in [-0.2, 0) is 11.8 Å². The molecule has 2 rings (SSSR count). The first-order chi connectivity index (χ1) is 9.05. The van der Waals surface area contributed by atoms with Gasteiger partial charge in [0.2, 0.25) is 5.76 Å². The molecule has 96 valence electrons. The number of aromatic carboxylic acids is 1. The number of furan rings is 1. The maximum atomic E-state index is 10.8. The van der Waals surface area contributed by atoms with Crippen LogP contribution in [0, 0.1) is 11.3 Å². The molecule has 2 aromatic rings. The molecule has 0 radical (unpaired) electrons. The number of benzene rings is 1. The number of carboxylic acid groups (broad SMARTS) is 1. The van der Waals surface area contributed by atoms with E-state index in [0.717, 1.165) is 5.56 Å². The van der Waals surface area contributed by atoms with Gasteiger partial charge in [-0.1, -0.05) is 30.3 Å². The molecule has 1 aromatic heterocycles. The molecule has 1 unspecified atom stereocenters. The first-order valence-electron chi connectivity index (χ1n) is 5.84. The van der Waals surface area contributed by atoms with Gasteiger partial charge in [-0.15, -0.1) is 0 Å². The highest BCUT2D eigenvalue weighted by atomic mass is 16.4. The summed E-state index contributed by atoms with van der Waals surface area (Å²) in [5, 5.41) is 18.2.